The minimum Gasteiger partial charge on any atom is -0.219 e. The van der Waals surface area contributed by atoms with Gasteiger partial charge in [0.25, 0.3) is 10.0 Å². The van der Waals surface area contributed by atoms with E-state index in [2.05, 4.69) is 9.82 Å². The van der Waals surface area contributed by atoms with Gasteiger partial charge < -0.3 is 0 Å². The number of halogens is 2. The molecule has 0 spiro atoms. The van der Waals surface area contributed by atoms with E-state index in [4.69, 9.17) is 23.2 Å². The molecule has 18 heavy (non-hydrogen) atoms. The maximum atomic E-state index is 11.8. The average molecular weight is 306 g/mol. The summed E-state index contributed by atoms with van der Waals surface area (Å²) in [5, 5.41) is 4.53. The lowest BCUT2D eigenvalue weighted by atomic mass is 10.3. The molecule has 1 N–H and O–H groups in total. The fraction of sp³-hybridized carbons (Fsp3) is 0.100. The van der Waals surface area contributed by atoms with Crippen molar-refractivity contribution in [2.75, 3.05) is 7.05 Å². The summed E-state index contributed by atoms with van der Waals surface area (Å²) in [4.78, 5) is 0. The second-order valence-electron chi connectivity index (χ2n) is 3.36. The zero-order valence-electron chi connectivity index (χ0n) is 9.26. The zero-order chi connectivity index (χ0) is 13.3. The van der Waals surface area contributed by atoms with Crippen molar-refractivity contribution in [3.63, 3.8) is 0 Å². The molecule has 1 aromatic carbocycles. The van der Waals surface area contributed by atoms with Crippen molar-refractivity contribution in [3.8, 4) is 5.69 Å². The molecule has 0 atom stereocenters. The first kappa shape index (κ1) is 13.4. The van der Waals surface area contributed by atoms with Gasteiger partial charge in [-0.3, -0.25) is 0 Å². The molecule has 0 aliphatic heterocycles. The minimum atomic E-state index is -3.61. The predicted octanol–water partition coefficient (Wildman–Crippen LogP) is 2.09. The summed E-state index contributed by atoms with van der Waals surface area (Å²) in [5.74, 6) is 0. The number of rotatable bonds is 3. The Labute approximate surface area is 114 Å². The molecule has 2 aromatic rings. The van der Waals surface area contributed by atoms with Crippen LogP contribution < -0.4 is 4.72 Å². The van der Waals surface area contributed by atoms with Gasteiger partial charge in [0.2, 0.25) is 0 Å². The van der Waals surface area contributed by atoms with Crippen LogP contribution in [0.4, 0.5) is 0 Å². The number of nitrogens with zero attached hydrogens (tertiary/aromatic N) is 2. The lowest BCUT2D eigenvalue weighted by Crippen LogP contribution is -2.22. The quantitative estimate of drug-likeness (QED) is 0.944. The first-order chi connectivity index (χ1) is 8.47. The second kappa shape index (κ2) is 4.89. The summed E-state index contributed by atoms with van der Waals surface area (Å²) in [6.45, 7) is 0. The highest BCUT2D eigenvalue weighted by molar-refractivity contribution is 7.89. The second-order valence-corrected chi connectivity index (χ2v) is 5.98. The Morgan fingerprint density at radius 3 is 2.67 bits per heavy atom. The summed E-state index contributed by atoms with van der Waals surface area (Å²) >= 11 is 11.9. The molecular weight excluding hydrogens is 297 g/mol. The van der Waals surface area contributed by atoms with Crippen LogP contribution in [0.1, 0.15) is 0 Å². The standard InChI is InChI=1S/C10H9Cl2N3O2S/c1-13-18(16,17)9-5-6-14-15(9)8-4-2-3-7(11)10(8)12/h2-6,13H,1H3. The normalized spacial score (nSPS) is 11.7. The highest BCUT2D eigenvalue weighted by Gasteiger charge is 2.20. The van der Waals surface area contributed by atoms with E-state index < -0.39 is 10.0 Å². The fourth-order valence-electron chi connectivity index (χ4n) is 1.44. The van der Waals surface area contributed by atoms with Crippen molar-refractivity contribution in [2.24, 2.45) is 0 Å². The Kier molecular flexibility index (Phi) is 3.63. The van der Waals surface area contributed by atoms with Crippen molar-refractivity contribution in [1.82, 2.24) is 14.5 Å². The molecule has 0 radical (unpaired) electrons. The van der Waals surface area contributed by atoms with Crippen LogP contribution in [0.15, 0.2) is 35.5 Å². The fourth-order valence-corrected chi connectivity index (χ4v) is 2.63. The van der Waals surface area contributed by atoms with E-state index in [-0.39, 0.29) is 10.0 Å². The van der Waals surface area contributed by atoms with Gasteiger partial charge in [0.1, 0.15) is 0 Å². The average Bonchev–Trinajstić information content (AvgIpc) is 2.82. The highest BCUT2D eigenvalue weighted by atomic mass is 35.5. The lowest BCUT2D eigenvalue weighted by molar-refractivity contribution is 0.578. The molecule has 0 saturated carbocycles. The third-order valence-electron chi connectivity index (χ3n) is 2.31. The van der Waals surface area contributed by atoms with Gasteiger partial charge in [-0.1, -0.05) is 29.3 Å². The third kappa shape index (κ3) is 2.24. The number of sulfonamides is 1. The molecule has 0 amide bonds. The summed E-state index contributed by atoms with van der Waals surface area (Å²) in [6.07, 6.45) is 1.38. The Morgan fingerprint density at radius 2 is 2.00 bits per heavy atom. The Morgan fingerprint density at radius 1 is 1.28 bits per heavy atom. The summed E-state index contributed by atoms with van der Waals surface area (Å²) in [5.41, 5.74) is 0.406. The lowest BCUT2D eigenvalue weighted by Gasteiger charge is -2.09. The number of hydrogen-bond acceptors (Lipinski definition) is 3. The van der Waals surface area contributed by atoms with Crippen molar-refractivity contribution < 1.29 is 8.42 Å². The van der Waals surface area contributed by atoms with Crippen LogP contribution in [0.5, 0.6) is 0 Å². The maximum absolute atomic E-state index is 11.8. The molecular formula is C10H9Cl2N3O2S. The molecule has 1 aromatic heterocycles. The van der Waals surface area contributed by atoms with Crippen molar-refractivity contribution in [2.45, 2.75) is 5.03 Å². The number of nitrogens with one attached hydrogen (secondary N) is 1. The van der Waals surface area contributed by atoms with E-state index in [0.29, 0.717) is 10.7 Å². The monoisotopic (exact) mass is 305 g/mol. The van der Waals surface area contributed by atoms with Gasteiger partial charge in [-0.05, 0) is 25.2 Å². The molecule has 96 valence electrons. The van der Waals surface area contributed by atoms with Crippen LogP contribution in [0.3, 0.4) is 0 Å². The number of hydrogen-bond donors (Lipinski definition) is 1. The molecule has 0 fully saturated rings. The number of aromatic nitrogens is 2. The Balaban J connectivity index is 2.67. The van der Waals surface area contributed by atoms with E-state index in [1.54, 1.807) is 18.2 Å². The first-order valence-electron chi connectivity index (χ1n) is 4.89. The van der Waals surface area contributed by atoms with Gasteiger partial charge in [-0.2, -0.15) is 5.10 Å². The van der Waals surface area contributed by atoms with Crippen molar-refractivity contribution >= 4 is 33.2 Å². The number of benzene rings is 1. The van der Waals surface area contributed by atoms with Crippen LogP contribution in [0.25, 0.3) is 5.69 Å². The summed E-state index contributed by atoms with van der Waals surface area (Å²) < 4.78 is 27.1. The third-order valence-corrected chi connectivity index (χ3v) is 4.52. The molecule has 0 bridgehead atoms. The van der Waals surface area contributed by atoms with Crippen LogP contribution in [-0.2, 0) is 10.0 Å². The van der Waals surface area contributed by atoms with Gasteiger partial charge in [-0.25, -0.2) is 17.8 Å². The predicted molar refractivity (Wildman–Crippen MR) is 69.8 cm³/mol. The van der Waals surface area contributed by atoms with Crippen molar-refractivity contribution in [1.29, 1.82) is 0 Å². The van der Waals surface area contributed by atoms with Gasteiger partial charge in [-0.15, -0.1) is 0 Å². The first-order valence-corrected chi connectivity index (χ1v) is 7.13. The molecule has 0 unspecified atom stereocenters. The van der Waals surface area contributed by atoms with E-state index in [0.717, 1.165) is 0 Å². The molecule has 5 nitrogen and oxygen atoms in total. The molecule has 0 aliphatic rings. The molecule has 0 aliphatic carbocycles. The van der Waals surface area contributed by atoms with Crippen LogP contribution in [0, 0.1) is 0 Å². The van der Waals surface area contributed by atoms with Gasteiger partial charge in [0.15, 0.2) is 5.03 Å². The summed E-state index contributed by atoms with van der Waals surface area (Å²) in [7, 11) is -2.29. The molecule has 2 rings (SSSR count). The SMILES string of the molecule is CNS(=O)(=O)c1ccnn1-c1cccc(Cl)c1Cl. The van der Waals surface area contributed by atoms with Gasteiger partial charge in [0, 0.05) is 0 Å². The van der Waals surface area contributed by atoms with E-state index in [1.165, 1.54) is 24.0 Å². The van der Waals surface area contributed by atoms with E-state index >= 15 is 0 Å². The van der Waals surface area contributed by atoms with Gasteiger partial charge in [0.05, 0.1) is 21.9 Å². The van der Waals surface area contributed by atoms with E-state index in [1.807, 2.05) is 0 Å². The minimum absolute atomic E-state index is 0.00540. The maximum Gasteiger partial charge on any atom is 0.257 e. The Hall–Kier alpha value is -1.08. The highest BCUT2D eigenvalue weighted by Crippen LogP contribution is 2.29. The molecule has 0 saturated heterocycles. The van der Waals surface area contributed by atoms with Crippen LogP contribution in [-0.4, -0.2) is 25.2 Å². The van der Waals surface area contributed by atoms with Crippen molar-refractivity contribution in [3.05, 3.63) is 40.5 Å². The largest absolute Gasteiger partial charge is 0.257 e. The van der Waals surface area contributed by atoms with Gasteiger partial charge >= 0.3 is 0 Å². The summed E-state index contributed by atoms with van der Waals surface area (Å²) in [6, 6.07) is 6.29. The molecule has 8 heteroatoms. The zero-order valence-corrected chi connectivity index (χ0v) is 11.6. The van der Waals surface area contributed by atoms with Crippen LogP contribution >= 0.6 is 23.2 Å². The molecule has 1 heterocycles. The topological polar surface area (TPSA) is 64.0 Å². The van der Waals surface area contributed by atoms with E-state index in [9.17, 15) is 8.42 Å². The van der Waals surface area contributed by atoms with Crippen LogP contribution in [0.2, 0.25) is 10.0 Å². The smallest absolute Gasteiger partial charge is 0.219 e. The Bertz CT molecular complexity index is 682.